The maximum atomic E-state index is 12.5. The van der Waals surface area contributed by atoms with Crippen molar-refractivity contribution in [2.45, 2.75) is 26.7 Å². The number of rotatable bonds is 9. The monoisotopic (exact) mass is 389 g/mol. The van der Waals surface area contributed by atoms with E-state index >= 15 is 0 Å². The number of hydrogen-bond donors (Lipinski definition) is 1. The fourth-order valence-corrected chi connectivity index (χ4v) is 3.10. The lowest BCUT2D eigenvalue weighted by molar-refractivity contribution is -0.143. The van der Waals surface area contributed by atoms with Gasteiger partial charge in [-0.2, -0.15) is 0 Å². The van der Waals surface area contributed by atoms with Crippen LogP contribution >= 0.6 is 11.3 Å². The summed E-state index contributed by atoms with van der Waals surface area (Å²) in [5, 5.41) is 4.69. The lowest BCUT2D eigenvalue weighted by Gasteiger charge is -2.19. The summed E-state index contributed by atoms with van der Waals surface area (Å²) < 4.78 is 4.88. The van der Waals surface area contributed by atoms with Gasteiger partial charge in [0.25, 0.3) is 5.91 Å². The second-order valence-corrected chi connectivity index (χ2v) is 6.55. The molecule has 2 amide bonds. The molecule has 0 saturated carbocycles. The molecule has 0 unspecified atom stereocenters. The molecule has 0 radical (unpaired) electrons. The predicted molar refractivity (Wildman–Crippen MR) is 104 cm³/mol. The fraction of sp³-hybridized carbons (Fsp3) is 0.368. The molecule has 144 valence electrons. The molecular weight excluding hydrogens is 366 g/mol. The summed E-state index contributed by atoms with van der Waals surface area (Å²) in [7, 11) is 0. The summed E-state index contributed by atoms with van der Waals surface area (Å²) in [5.41, 5.74) is 1.15. The Balaban J connectivity index is 1.91. The summed E-state index contributed by atoms with van der Waals surface area (Å²) in [6.07, 6.45) is 0.378. The number of hydrogen-bond acceptors (Lipinski definition) is 6. The van der Waals surface area contributed by atoms with Crippen LogP contribution in [0.3, 0.4) is 0 Å². The average Bonchev–Trinajstić information content (AvgIpc) is 3.11. The van der Waals surface area contributed by atoms with Crippen molar-refractivity contribution < 1.29 is 19.1 Å². The van der Waals surface area contributed by atoms with Crippen LogP contribution in [0.4, 0.5) is 5.13 Å². The van der Waals surface area contributed by atoms with Crippen molar-refractivity contribution >= 4 is 34.3 Å². The van der Waals surface area contributed by atoms with E-state index in [2.05, 4.69) is 10.3 Å². The zero-order valence-corrected chi connectivity index (χ0v) is 16.3. The van der Waals surface area contributed by atoms with Gasteiger partial charge in [0.15, 0.2) is 5.13 Å². The zero-order chi connectivity index (χ0) is 19.6. The Hall–Kier alpha value is -2.74. The maximum absolute atomic E-state index is 12.5. The molecular formula is C19H23N3O4S. The molecule has 0 aliphatic carbocycles. The molecule has 0 bridgehead atoms. The maximum Gasteiger partial charge on any atom is 0.307 e. The van der Waals surface area contributed by atoms with Crippen molar-refractivity contribution in [2.75, 3.05) is 25.0 Å². The molecule has 1 heterocycles. The van der Waals surface area contributed by atoms with Gasteiger partial charge in [0.05, 0.1) is 19.4 Å². The first-order valence-electron chi connectivity index (χ1n) is 8.77. The van der Waals surface area contributed by atoms with Crippen LogP contribution in [-0.2, 0) is 20.7 Å². The van der Waals surface area contributed by atoms with Crippen LogP contribution < -0.4 is 5.32 Å². The first kappa shape index (κ1) is 20.6. The zero-order valence-electron chi connectivity index (χ0n) is 15.4. The molecule has 1 aromatic heterocycles. The van der Waals surface area contributed by atoms with Crippen molar-refractivity contribution in [1.82, 2.24) is 9.88 Å². The summed E-state index contributed by atoms with van der Waals surface area (Å²) in [6.45, 7) is 4.60. The van der Waals surface area contributed by atoms with Crippen LogP contribution in [0.5, 0.6) is 0 Å². The summed E-state index contributed by atoms with van der Waals surface area (Å²) in [4.78, 5) is 41.8. The number of ether oxygens (including phenoxy) is 1. The molecule has 0 atom stereocenters. The van der Waals surface area contributed by atoms with Gasteiger partial charge in [0.2, 0.25) is 5.91 Å². The van der Waals surface area contributed by atoms with Gasteiger partial charge >= 0.3 is 5.97 Å². The van der Waals surface area contributed by atoms with Gasteiger partial charge < -0.3 is 15.0 Å². The number of nitrogens with zero attached hydrogens (tertiary/aromatic N) is 2. The van der Waals surface area contributed by atoms with Gasteiger partial charge in [-0.1, -0.05) is 30.3 Å². The van der Waals surface area contributed by atoms with Crippen molar-refractivity contribution in [2.24, 2.45) is 0 Å². The minimum absolute atomic E-state index is 0.137. The van der Waals surface area contributed by atoms with Gasteiger partial charge in [-0.25, -0.2) is 4.98 Å². The molecule has 0 aliphatic rings. The Morgan fingerprint density at radius 1 is 1.19 bits per heavy atom. The minimum Gasteiger partial charge on any atom is -0.466 e. The van der Waals surface area contributed by atoms with Crippen molar-refractivity contribution in [3.8, 4) is 0 Å². The van der Waals surface area contributed by atoms with E-state index in [1.165, 1.54) is 16.2 Å². The van der Waals surface area contributed by atoms with E-state index in [-0.39, 0.29) is 42.9 Å². The van der Waals surface area contributed by atoms with Crippen molar-refractivity contribution in [1.29, 1.82) is 0 Å². The largest absolute Gasteiger partial charge is 0.466 e. The summed E-state index contributed by atoms with van der Waals surface area (Å²) in [5.74, 6) is -0.804. The molecule has 0 spiro atoms. The van der Waals surface area contributed by atoms with Crippen molar-refractivity contribution in [3.63, 3.8) is 0 Å². The van der Waals surface area contributed by atoms with Crippen LogP contribution in [0.15, 0.2) is 35.7 Å². The van der Waals surface area contributed by atoms with Gasteiger partial charge in [0.1, 0.15) is 5.69 Å². The van der Waals surface area contributed by atoms with Crippen LogP contribution in [0.25, 0.3) is 0 Å². The Morgan fingerprint density at radius 2 is 1.93 bits per heavy atom. The number of carbonyl (C=O) groups is 3. The molecule has 7 nitrogen and oxygen atoms in total. The Labute approximate surface area is 162 Å². The van der Waals surface area contributed by atoms with Crippen LogP contribution in [0.2, 0.25) is 0 Å². The number of anilines is 1. The number of benzene rings is 1. The van der Waals surface area contributed by atoms with Gasteiger partial charge in [-0.05, 0) is 19.4 Å². The number of aromatic nitrogens is 1. The Bertz CT molecular complexity index is 776. The third-order valence-electron chi connectivity index (χ3n) is 3.74. The smallest absolute Gasteiger partial charge is 0.307 e. The first-order valence-corrected chi connectivity index (χ1v) is 9.65. The third kappa shape index (κ3) is 6.49. The number of esters is 1. The standard InChI is InChI=1S/C19H23N3O4S/c1-3-22(11-10-17(24)26-4-2)18(25)15-13-27-19(20-15)21-16(23)12-14-8-6-5-7-9-14/h5-9,13H,3-4,10-12H2,1-2H3,(H,20,21,23). The van der Waals surface area contributed by atoms with E-state index in [9.17, 15) is 14.4 Å². The number of carbonyl (C=O) groups excluding carboxylic acids is 3. The Kier molecular flexibility index (Phi) is 7.94. The first-order chi connectivity index (χ1) is 13.0. The number of amides is 2. The molecule has 0 saturated heterocycles. The van der Waals surface area contributed by atoms with E-state index in [0.717, 1.165) is 5.56 Å². The second-order valence-electron chi connectivity index (χ2n) is 5.69. The molecule has 0 aliphatic heterocycles. The molecule has 1 aromatic carbocycles. The molecule has 1 N–H and O–H groups in total. The minimum atomic E-state index is -0.337. The summed E-state index contributed by atoms with van der Waals surface area (Å²) >= 11 is 1.19. The quantitative estimate of drug-likeness (QED) is 0.666. The van der Waals surface area contributed by atoms with Crippen LogP contribution in [0, 0.1) is 0 Å². The Morgan fingerprint density at radius 3 is 2.59 bits per heavy atom. The van der Waals surface area contributed by atoms with E-state index in [4.69, 9.17) is 4.74 Å². The van der Waals surface area contributed by atoms with Gasteiger partial charge in [-0.3, -0.25) is 14.4 Å². The van der Waals surface area contributed by atoms with Crippen molar-refractivity contribution in [3.05, 3.63) is 47.0 Å². The van der Waals surface area contributed by atoms with Crippen LogP contribution in [0.1, 0.15) is 36.3 Å². The highest BCUT2D eigenvalue weighted by Gasteiger charge is 2.19. The molecule has 27 heavy (non-hydrogen) atoms. The SMILES string of the molecule is CCOC(=O)CCN(CC)C(=O)c1csc(NC(=O)Cc2ccccc2)n1. The van der Waals surface area contributed by atoms with Gasteiger partial charge in [0, 0.05) is 18.5 Å². The molecule has 2 aromatic rings. The highest BCUT2D eigenvalue weighted by Crippen LogP contribution is 2.17. The average molecular weight is 389 g/mol. The molecule has 0 fully saturated rings. The van der Waals surface area contributed by atoms with E-state index < -0.39 is 0 Å². The highest BCUT2D eigenvalue weighted by atomic mass is 32.1. The molecule has 2 rings (SSSR count). The third-order valence-corrected chi connectivity index (χ3v) is 4.49. The highest BCUT2D eigenvalue weighted by molar-refractivity contribution is 7.14. The fourth-order valence-electron chi connectivity index (χ4n) is 2.40. The predicted octanol–water partition coefficient (Wildman–Crippen LogP) is 2.74. The lowest BCUT2D eigenvalue weighted by atomic mass is 10.1. The second kappa shape index (κ2) is 10.4. The van der Waals surface area contributed by atoms with E-state index in [1.54, 1.807) is 12.3 Å². The topological polar surface area (TPSA) is 88.6 Å². The van der Waals surface area contributed by atoms with E-state index in [1.807, 2.05) is 37.3 Å². The lowest BCUT2D eigenvalue weighted by Crippen LogP contribution is -2.33. The summed E-state index contributed by atoms with van der Waals surface area (Å²) in [6, 6.07) is 9.39. The van der Waals surface area contributed by atoms with Gasteiger partial charge in [-0.15, -0.1) is 11.3 Å². The number of thiazole rings is 1. The van der Waals surface area contributed by atoms with Crippen LogP contribution in [-0.4, -0.2) is 47.4 Å². The normalized spacial score (nSPS) is 10.3. The van der Waals surface area contributed by atoms with E-state index in [0.29, 0.717) is 18.3 Å². The number of nitrogens with one attached hydrogen (secondary N) is 1. The molecule has 8 heteroatoms.